The van der Waals surface area contributed by atoms with Crippen molar-refractivity contribution in [2.75, 3.05) is 44.2 Å². The van der Waals surface area contributed by atoms with E-state index in [4.69, 9.17) is 0 Å². The highest BCUT2D eigenvalue weighted by Gasteiger charge is 2.33. The number of hydrogen-bond donors (Lipinski definition) is 1. The summed E-state index contributed by atoms with van der Waals surface area (Å²) in [6, 6.07) is 13.7. The van der Waals surface area contributed by atoms with Crippen LogP contribution in [0.3, 0.4) is 0 Å². The number of benzene rings is 2. The van der Waals surface area contributed by atoms with E-state index in [0.29, 0.717) is 37.6 Å². The molecule has 1 N–H and O–H groups in total. The molecule has 2 aromatic rings. The fourth-order valence-electron chi connectivity index (χ4n) is 4.98. The van der Waals surface area contributed by atoms with Crippen LogP contribution < -0.4 is 9.80 Å². The molecule has 0 radical (unpaired) electrons. The van der Waals surface area contributed by atoms with Crippen molar-refractivity contribution in [1.82, 2.24) is 4.31 Å². The normalized spacial score (nSPS) is 19.7. The number of anilines is 1. The highest BCUT2D eigenvalue weighted by molar-refractivity contribution is 7.89. The Kier molecular flexibility index (Phi) is 5.13. The maximum absolute atomic E-state index is 13.1. The molecule has 2 aliphatic heterocycles. The second-order valence-corrected chi connectivity index (χ2v) is 10.5. The van der Waals surface area contributed by atoms with Crippen LogP contribution in [0.5, 0.6) is 0 Å². The van der Waals surface area contributed by atoms with Gasteiger partial charge in [0.2, 0.25) is 10.0 Å². The first kappa shape index (κ1) is 19.7. The lowest BCUT2D eigenvalue weighted by Crippen LogP contribution is -3.15. The van der Waals surface area contributed by atoms with Crippen LogP contribution in [0.2, 0.25) is 0 Å². The predicted octanol–water partition coefficient (Wildman–Crippen LogP) is 0.654. The van der Waals surface area contributed by atoms with Crippen LogP contribution in [0.1, 0.15) is 23.1 Å². The third kappa shape index (κ3) is 3.55. The van der Waals surface area contributed by atoms with Crippen molar-refractivity contribution < 1.29 is 18.1 Å². The van der Waals surface area contributed by atoms with Gasteiger partial charge >= 0.3 is 0 Å². The number of piperazine rings is 1. The molecule has 30 heavy (non-hydrogen) atoms. The van der Waals surface area contributed by atoms with Crippen molar-refractivity contribution >= 4 is 21.6 Å². The zero-order valence-electron chi connectivity index (χ0n) is 17.1. The molecule has 1 saturated heterocycles. The van der Waals surface area contributed by atoms with Crippen molar-refractivity contribution in [1.29, 1.82) is 0 Å². The second-order valence-electron chi connectivity index (χ2n) is 8.54. The van der Waals surface area contributed by atoms with Crippen LogP contribution in [0.4, 0.5) is 5.69 Å². The number of nitrogens with one attached hydrogen (secondary N) is 1. The van der Waals surface area contributed by atoms with Crippen molar-refractivity contribution in [2.45, 2.75) is 30.6 Å². The van der Waals surface area contributed by atoms with Gasteiger partial charge in [-0.3, -0.25) is 4.79 Å². The van der Waals surface area contributed by atoms with E-state index in [1.807, 2.05) is 35.2 Å². The summed E-state index contributed by atoms with van der Waals surface area (Å²) in [6.45, 7) is 3.39. The molecule has 2 heterocycles. The minimum Gasteiger partial charge on any atom is -0.325 e. The van der Waals surface area contributed by atoms with E-state index >= 15 is 0 Å². The van der Waals surface area contributed by atoms with Crippen molar-refractivity contribution in [3.63, 3.8) is 0 Å². The maximum Gasteiger partial charge on any atom is 0.282 e. The minimum absolute atomic E-state index is 0.130. The van der Waals surface area contributed by atoms with Crippen LogP contribution in [-0.2, 0) is 34.1 Å². The zero-order chi connectivity index (χ0) is 20.7. The van der Waals surface area contributed by atoms with E-state index in [0.717, 1.165) is 42.8 Å². The van der Waals surface area contributed by atoms with E-state index < -0.39 is 10.0 Å². The first-order chi connectivity index (χ1) is 14.5. The molecule has 0 saturated carbocycles. The fraction of sp³-hybridized carbons (Fsp3) is 0.435. The zero-order valence-corrected chi connectivity index (χ0v) is 18.0. The van der Waals surface area contributed by atoms with Gasteiger partial charge in [-0.1, -0.05) is 24.3 Å². The van der Waals surface area contributed by atoms with E-state index in [-0.39, 0.29) is 5.91 Å². The Balaban J connectivity index is 1.21. The summed E-state index contributed by atoms with van der Waals surface area (Å²) in [5.41, 5.74) is 4.72. The first-order valence-electron chi connectivity index (χ1n) is 10.9. The largest absolute Gasteiger partial charge is 0.325 e. The summed E-state index contributed by atoms with van der Waals surface area (Å²) < 4.78 is 27.8. The Hall–Kier alpha value is -2.22. The molecule has 1 fully saturated rings. The monoisotopic (exact) mass is 426 g/mol. The van der Waals surface area contributed by atoms with E-state index in [1.54, 1.807) is 10.4 Å². The number of aryl methyl sites for hydroxylation is 2. The minimum atomic E-state index is -3.47. The van der Waals surface area contributed by atoms with Gasteiger partial charge in [0.25, 0.3) is 5.91 Å². The van der Waals surface area contributed by atoms with Gasteiger partial charge in [-0.25, -0.2) is 8.42 Å². The molecule has 0 unspecified atom stereocenters. The molecule has 0 aromatic heterocycles. The van der Waals surface area contributed by atoms with Crippen LogP contribution in [0.15, 0.2) is 47.4 Å². The Bertz CT molecular complexity index is 1070. The first-order valence-corrected chi connectivity index (χ1v) is 12.3. The second kappa shape index (κ2) is 7.80. The van der Waals surface area contributed by atoms with Crippen LogP contribution in [0, 0.1) is 0 Å². The summed E-state index contributed by atoms with van der Waals surface area (Å²) in [6.07, 6.45) is 4.03. The van der Waals surface area contributed by atoms with Crippen LogP contribution >= 0.6 is 0 Å². The van der Waals surface area contributed by atoms with Gasteiger partial charge < -0.3 is 9.80 Å². The van der Waals surface area contributed by atoms with Crippen molar-refractivity contribution in [3.8, 4) is 0 Å². The predicted molar refractivity (Wildman–Crippen MR) is 115 cm³/mol. The van der Waals surface area contributed by atoms with E-state index in [9.17, 15) is 13.2 Å². The van der Waals surface area contributed by atoms with E-state index in [2.05, 4.69) is 6.07 Å². The molecule has 158 valence electrons. The number of nitrogens with zero attached hydrogens (tertiary/aromatic N) is 2. The van der Waals surface area contributed by atoms with Crippen LogP contribution in [-0.4, -0.2) is 57.9 Å². The lowest BCUT2D eigenvalue weighted by atomic mass is 10.1. The van der Waals surface area contributed by atoms with Crippen molar-refractivity contribution in [3.05, 3.63) is 59.2 Å². The van der Waals surface area contributed by atoms with Gasteiger partial charge in [0.15, 0.2) is 6.54 Å². The summed E-state index contributed by atoms with van der Waals surface area (Å²) in [5.74, 6) is 0.130. The molecule has 1 aliphatic carbocycles. The molecule has 6 nitrogen and oxygen atoms in total. The summed E-state index contributed by atoms with van der Waals surface area (Å²) in [7, 11) is -3.47. The van der Waals surface area contributed by atoms with Gasteiger partial charge in [0.05, 0.1) is 31.1 Å². The highest BCUT2D eigenvalue weighted by atomic mass is 32.2. The SMILES string of the molecule is O=C(C[NH+]1CCN(S(=O)(=O)c2ccc3c(c2)CCC3)CC1)N1CCc2ccccc21. The number of carbonyl (C=O) groups excluding carboxylic acids is 1. The summed E-state index contributed by atoms with van der Waals surface area (Å²) in [5, 5.41) is 0. The number of rotatable bonds is 4. The molecule has 5 rings (SSSR count). The molecule has 7 heteroatoms. The Morgan fingerprint density at radius 3 is 2.50 bits per heavy atom. The lowest BCUT2D eigenvalue weighted by Gasteiger charge is -2.32. The molecule has 2 aromatic carbocycles. The number of hydrogen-bond acceptors (Lipinski definition) is 3. The van der Waals surface area contributed by atoms with Crippen molar-refractivity contribution in [2.24, 2.45) is 0 Å². The third-order valence-corrected chi connectivity index (χ3v) is 8.62. The van der Waals surface area contributed by atoms with E-state index in [1.165, 1.54) is 16.7 Å². The number of quaternary nitrogens is 1. The smallest absolute Gasteiger partial charge is 0.282 e. The van der Waals surface area contributed by atoms with Gasteiger partial charge in [-0.05, 0) is 60.6 Å². The van der Waals surface area contributed by atoms with Gasteiger partial charge in [-0.2, -0.15) is 4.31 Å². The lowest BCUT2D eigenvalue weighted by molar-refractivity contribution is -0.895. The maximum atomic E-state index is 13.1. The average Bonchev–Trinajstić information content (AvgIpc) is 3.40. The Labute approximate surface area is 178 Å². The number of amides is 1. The molecule has 1 amide bonds. The Morgan fingerprint density at radius 2 is 1.67 bits per heavy atom. The van der Waals surface area contributed by atoms with Crippen LogP contribution in [0.25, 0.3) is 0 Å². The molecular formula is C23H28N3O3S+. The van der Waals surface area contributed by atoms with Gasteiger partial charge in [0.1, 0.15) is 0 Å². The average molecular weight is 427 g/mol. The summed E-state index contributed by atoms with van der Waals surface area (Å²) >= 11 is 0. The van der Waals surface area contributed by atoms with Gasteiger partial charge in [-0.15, -0.1) is 0 Å². The van der Waals surface area contributed by atoms with Gasteiger partial charge in [0, 0.05) is 12.2 Å². The quantitative estimate of drug-likeness (QED) is 0.781. The number of fused-ring (bicyclic) bond motifs is 2. The number of para-hydroxylation sites is 1. The topological polar surface area (TPSA) is 62.1 Å². The number of carbonyl (C=O) groups is 1. The molecule has 0 bridgehead atoms. The molecule has 0 spiro atoms. The fourth-order valence-corrected chi connectivity index (χ4v) is 6.48. The molecular weight excluding hydrogens is 398 g/mol. The highest BCUT2D eigenvalue weighted by Crippen LogP contribution is 2.28. The standard InChI is InChI=1S/C23H27N3O3S/c27-23(26-11-10-19-4-1-2-7-22(19)26)17-24-12-14-25(15-13-24)30(28,29)21-9-8-18-5-3-6-20(18)16-21/h1-2,4,7-9,16H,3,5-6,10-15,17H2/p+1. The Morgan fingerprint density at radius 1 is 0.900 bits per heavy atom. The summed E-state index contributed by atoms with van der Waals surface area (Å²) in [4.78, 5) is 16.3. The molecule has 0 atom stereocenters. The molecule has 3 aliphatic rings. The third-order valence-electron chi connectivity index (χ3n) is 6.73. The number of sulfonamides is 1.